The second kappa shape index (κ2) is 7.42. The van der Waals surface area contributed by atoms with E-state index in [2.05, 4.69) is 5.32 Å². The number of nitrogens with zero attached hydrogens (tertiary/aromatic N) is 1. The lowest BCUT2D eigenvalue weighted by Gasteiger charge is -2.26. The van der Waals surface area contributed by atoms with Crippen molar-refractivity contribution < 1.29 is 19.6 Å². The molecule has 130 valence electrons. The van der Waals surface area contributed by atoms with Crippen molar-refractivity contribution >= 4 is 17.6 Å². The molecule has 7 nitrogen and oxygen atoms in total. The van der Waals surface area contributed by atoms with Crippen LogP contribution in [0.1, 0.15) is 49.8 Å². The first-order valence-electron chi connectivity index (χ1n) is 8.07. The summed E-state index contributed by atoms with van der Waals surface area (Å²) < 4.78 is 0. The molecular weight excluding hydrogens is 312 g/mol. The second-order valence-corrected chi connectivity index (χ2v) is 6.42. The number of carboxylic acid groups (broad SMARTS) is 1. The molecule has 1 aliphatic rings. The predicted octanol–water partition coefficient (Wildman–Crippen LogP) is 2.97. The highest BCUT2D eigenvalue weighted by molar-refractivity contribution is 5.79. The summed E-state index contributed by atoms with van der Waals surface area (Å²) in [4.78, 5) is 33.9. The summed E-state index contributed by atoms with van der Waals surface area (Å²) in [5.41, 5.74) is 1.30. The van der Waals surface area contributed by atoms with Gasteiger partial charge in [-0.25, -0.2) is 0 Å². The highest BCUT2D eigenvalue weighted by atomic mass is 16.6. The molecule has 2 N–H and O–H groups in total. The van der Waals surface area contributed by atoms with Crippen molar-refractivity contribution in [3.8, 4) is 0 Å². The third-order valence-electron chi connectivity index (χ3n) is 4.74. The number of benzene rings is 1. The number of carboxylic acids is 1. The van der Waals surface area contributed by atoms with Gasteiger partial charge < -0.3 is 10.4 Å². The van der Waals surface area contributed by atoms with Crippen LogP contribution in [0, 0.1) is 28.9 Å². The number of amides is 1. The summed E-state index contributed by atoms with van der Waals surface area (Å²) in [7, 11) is 0. The van der Waals surface area contributed by atoms with E-state index in [1.807, 2.05) is 0 Å². The van der Waals surface area contributed by atoms with Gasteiger partial charge in [-0.05, 0) is 45.1 Å². The molecule has 0 radical (unpaired) electrons. The van der Waals surface area contributed by atoms with Crippen LogP contribution in [0.3, 0.4) is 0 Å². The summed E-state index contributed by atoms with van der Waals surface area (Å²) in [6, 6.07) is 4.60. The van der Waals surface area contributed by atoms with E-state index >= 15 is 0 Å². The minimum absolute atomic E-state index is 0.0376. The molecule has 1 fully saturated rings. The lowest BCUT2D eigenvalue weighted by Crippen LogP contribution is -2.35. The zero-order chi connectivity index (χ0) is 17.9. The maximum Gasteiger partial charge on any atom is 0.306 e. The Morgan fingerprint density at radius 3 is 2.38 bits per heavy atom. The molecule has 2 rings (SSSR count). The van der Waals surface area contributed by atoms with Gasteiger partial charge in [-0.1, -0.05) is 12.1 Å². The van der Waals surface area contributed by atoms with Crippen LogP contribution in [0.15, 0.2) is 18.2 Å². The van der Waals surface area contributed by atoms with E-state index < -0.39 is 10.9 Å². The fourth-order valence-corrected chi connectivity index (χ4v) is 3.11. The van der Waals surface area contributed by atoms with Crippen LogP contribution in [0.2, 0.25) is 0 Å². The number of nitro benzene ring substituents is 1. The number of nitrogens with one attached hydrogen (secondary N) is 1. The molecule has 1 amide bonds. The van der Waals surface area contributed by atoms with Crippen LogP contribution in [-0.4, -0.2) is 21.9 Å². The Bertz CT molecular complexity index is 650. The van der Waals surface area contributed by atoms with E-state index in [9.17, 15) is 19.7 Å². The van der Waals surface area contributed by atoms with E-state index in [4.69, 9.17) is 5.11 Å². The van der Waals surface area contributed by atoms with Crippen molar-refractivity contribution in [2.45, 2.75) is 45.6 Å². The third kappa shape index (κ3) is 4.10. The Balaban J connectivity index is 1.98. The summed E-state index contributed by atoms with van der Waals surface area (Å²) in [5.74, 6) is -1.46. The fourth-order valence-electron chi connectivity index (χ4n) is 3.11. The SMILES string of the molecule is Cc1ccc(C(C)NC(=O)C2CCC(C(=O)O)CC2)cc1[N+](=O)[O-]. The summed E-state index contributed by atoms with van der Waals surface area (Å²) >= 11 is 0. The topological polar surface area (TPSA) is 110 Å². The van der Waals surface area contributed by atoms with E-state index in [-0.39, 0.29) is 29.5 Å². The molecule has 0 heterocycles. The Kier molecular flexibility index (Phi) is 5.54. The first-order chi connectivity index (χ1) is 11.3. The largest absolute Gasteiger partial charge is 0.481 e. The maximum atomic E-state index is 12.4. The summed E-state index contributed by atoms with van der Waals surface area (Å²) in [6.07, 6.45) is 2.14. The number of hydrogen-bond donors (Lipinski definition) is 2. The van der Waals surface area contributed by atoms with Crippen LogP contribution in [0.5, 0.6) is 0 Å². The van der Waals surface area contributed by atoms with Gasteiger partial charge in [-0.3, -0.25) is 19.7 Å². The van der Waals surface area contributed by atoms with Gasteiger partial charge in [0.1, 0.15) is 0 Å². The van der Waals surface area contributed by atoms with Gasteiger partial charge in [-0.2, -0.15) is 0 Å². The van der Waals surface area contributed by atoms with Crippen molar-refractivity contribution in [2.24, 2.45) is 11.8 Å². The molecule has 1 aromatic carbocycles. The van der Waals surface area contributed by atoms with Gasteiger partial charge in [0, 0.05) is 17.5 Å². The number of nitro groups is 1. The van der Waals surface area contributed by atoms with Gasteiger partial charge in [0.15, 0.2) is 0 Å². The molecule has 1 atom stereocenters. The van der Waals surface area contributed by atoms with E-state index in [0.717, 1.165) is 0 Å². The molecule has 0 aliphatic heterocycles. The molecule has 7 heteroatoms. The molecule has 0 spiro atoms. The zero-order valence-electron chi connectivity index (χ0n) is 13.8. The molecule has 1 aliphatic carbocycles. The average molecular weight is 334 g/mol. The zero-order valence-corrected chi connectivity index (χ0v) is 13.8. The molecule has 1 aromatic rings. The van der Waals surface area contributed by atoms with Crippen LogP contribution in [-0.2, 0) is 9.59 Å². The van der Waals surface area contributed by atoms with Gasteiger partial charge in [0.05, 0.1) is 16.9 Å². The van der Waals surface area contributed by atoms with E-state index in [1.165, 1.54) is 6.07 Å². The lowest BCUT2D eigenvalue weighted by molar-refractivity contribution is -0.385. The fraction of sp³-hybridized carbons (Fsp3) is 0.529. The van der Waals surface area contributed by atoms with Crippen LogP contribution in [0.4, 0.5) is 5.69 Å². The van der Waals surface area contributed by atoms with Gasteiger partial charge >= 0.3 is 5.97 Å². The van der Waals surface area contributed by atoms with Crippen molar-refractivity contribution in [3.63, 3.8) is 0 Å². The Hall–Kier alpha value is -2.44. The highest BCUT2D eigenvalue weighted by Crippen LogP contribution is 2.30. The highest BCUT2D eigenvalue weighted by Gasteiger charge is 2.30. The summed E-state index contributed by atoms with van der Waals surface area (Å²) in [6.45, 7) is 3.46. The van der Waals surface area contributed by atoms with Crippen molar-refractivity contribution in [3.05, 3.63) is 39.4 Å². The van der Waals surface area contributed by atoms with Gasteiger partial charge in [-0.15, -0.1) is 0 Å². The molecule has 1 unspecified atom stereocenters. The number of carbonyl (C=O) groups excluding carboxylic acids is 1. The minimum Gasteiger partial charge on any atom is -0.481 e. The molecule has 0 bridgehead atoms. The second-order valence-electron chi connectivity index (χ2n) is 6.42. The average Bonchev–Trinajstić information content (AvgIpc) is 2.54. The normalized spacial score (nSPS) is 21.8. The van der Waals surface area contributed by atoms with Crippen molar-refractivity contribution in [1.82, 2.24) is 5.32 Å². The van der Waals surface area contributed by atoms with Crippen LogP contribution >= 0.6 is 0 Å². The minimum atomic E-state index is -0.797. The quantitative estimate of drug-likeness (QED) is 0.635. The van der Waals surface area contributed by atoms with E-state index in [0.29, 0.717) is 36.8 Å². The first kappa shape index (κ1) is 17.9. The smallest absolute Gasteiger partial charge is 0.306 e. The summed E-state index contributed by atoms with van der Waals surface area (Å²) in [5, 5.41) is 22.9. The molecule has 0 saturated heterocycles. The monoisotopic (exact) mass is 334 g/mol. The molecule has 1 saturated carbocycles. The first-order valence-corrected chi connectivity index (χ1v) is 8.07. The standard InChI is InChI=1S/C17H22N2O5/c1-10-3-4-14(9-15(10)19(23)24)11(2)18-16(20)12-5-7-13(8-6-12)17(21)22/h3-4,9,11-13H,5-8H2,1-2H3,(H,18,20)(H,21,22). The number of carbonyl (C=O) groups is 2. The van der Waals surface area contributed by atoms with Crippen molar-refractivity contribution in [2.75, 3.05) is 0 Å². The predicted molar refractivity (Wildman–Crippen MR) is 87.5 cm³/mol. The number of aryl methyl sites for hydroxylation is 1. The third-order valence-corrected chi connectivity index (χ3v) is 4.74. The number of aliphatic carboxylic acids is 1. The Morgan fingerprint density at radius 2 is 1.83 bits per heavy atom. The van der Waals surface area contributed by atoms with E-state index in [1.54, 1.807) is 26.0 Å². The van der Waals surface area contributed by atoms with Crippen molar-refractivity contribution in [1.29, 1.82) is 0 Å². The Labute approximate surface area is 140 Å². The number of rotatable bonds is 5. The molecular formula is C17H22N2O5. The Morgan fingerprint density at radius 1 is 1.25 bits per heavy atom. The van der Waals surface area contributed by atoms with Gasteiger partial charge in [0.2, 0.25) is 5.91 Å². The molecule has 24 heavy (non-hydrogen) atoms. The van der Waals surface area contributed by atoms with Gasteiger partial charge in [0.25, 0.3) is 5.69 Å². The number of hydrogen-bond acceptors (Lipinski definition) is 4. The van der Waals surface area contributed by atoms with Crippen LogP contribution in [0.25, 0.3) is 0 Å². The lowest BCUT2D eigenvalue weighted by atomic mass is 9.81. The maximum absolute atomic E-state index is 12.4. The van der Waals surface area contributed by atoms with Crippen LogP contribution < -0.4 is 5.32 Å². The molecule has 0 aromatic heterocycles.